The van der Waals surface area contributed by atoms with Gasteiger partial charge >= 0.3 is 0 Å². The molecule has 3 nitrogen and oxygen atoms in total. The number of ether oxygens (including phenoxy) is 2. The smallest absolute Gasteiger partial charge is 0.261 e. The lowest BCUT2D eigenvalue weighted by Gasteiger charge is -2.45. The van der Waals surface area contributed by atoms with Gasteiger partial charge < -0.3 is 13.9 Å². The van der Waals surface area contributed by atoms with E-state index in [1.165, 1.54) is 15.9 Å². The van der Waals surface area contributed by atoms with Crippen LogP contribution in [-0.2, 0) is 20.5 Å². The van der Waals surface area contributed by atoms with Gasteiger partial charge in [-0.25, -0.2) is 0 Å². The van der Waals surface area contributed by atoms with E-state index >= 15 is 0 Å². The molecule has 0 spiro atoms. The summed E-state index contributed by atoms with van der Waals surface area (Å²) in [7, 11) is -2.62. The molecule has 0 unspecified atom stereocenters. The maximum absolute atomic E-state index is 7.21. The standard InChI is InChI=1S/C33H42O3Si/c1-6-16-31-26(2)32(34-24-27-17-10-7-11-18-27)23-28(36-31)25-35-37(33(3,4)5,29-19-12-8-13-20-29)30-21-14-9-15-22-30/h6-15,17-22,26,28,31-32H,1,16,23-25H2,2-5H3/t26-,28-,31-,32-/m0/s1. The van der Waals surface area contributed by atoms with Gasteiger partial charge in [0.2, 0.25) is 0 Å². The van der Waals surface area contributed by atoms with Crippen molar-refractivity contribution in [3.8, 4) is 0 Å². The molecular formula is C33H42O3Si. The molecule has 0 radical (unpaired) electrons. The molecule has 0 aromatic heterocycles. The van der Waals surface area contributed by atoms with Gasteiger partial charge in [0, 0.05) is 12.3 Å². The molecule has 1 aliphatic rings. The Hall–Kier alpha value is -2.50. The van der Waals surface area contributed by atoms with Gasteiger partial charge in [0.1, 0.15) is 0 Å². The Morgan fingerprint density at radius 1 is 0.892 bits per heavy atom. The highest BCUT2D eigenvalue weighted by Crippen LogP contribution is 2.38. The minimum atomic E-state index is -2.62. The second-order valence-electron chi connectivity index (χ2n) is 11.2. The first-order valence-corrected chi connectivity index (χ1v) is 15.4. The van der Waals surface area contributed by atoms with Crippen LogP contribution in [0.5, 0.6) is 0 Å². The summed E-state index contributed by atoms with van der Waals surface area (Å²) in [5.74, 6) is 0.283. The normalized spacial score (nSPS) is 22.5. The third kappa shape index (κ3) is 6.32. The largest absolute Gasteiger partial charge is 0.405 e. The van der Waals surface area contributed by atoms with Gasteiger partial charge in [-0.2, -0.15) is 0 Å². The predicted octanol–water partition coefficient (Wildman–Crippen LogP) is 6.52. The van der Waals surface area contributed by atoms with Crippen LogP contribution in [0.25, 0.3) is 0 Å². The average Bonchev–Trinajstić information content (AvgIpc) is 2.91. The van der Waals surface area contributed by atoms with E-state index in [-0.39, 0.29) is 29.3 Å². The van der Waals surface area contributed by atoms with E-state index in [1.54, 1.807) is 0 Å². The fourth-order valence-electron chi connectivity index (χ4n) is 5.66. The van der Waals surface area contributed by atoms with Crippen LogP contribution in [0.1, 0.15) is 46.1 Å². The zero-order chi connectivity index (χ0) is 26.3. The van der Waals surface area contributed by atoms with Crippen molar-refractivity contribution in [3.63, 3.8) is 0 Å². The Balaban J connectivity index is 1.59. The summed E-state index contributed by atoms with van der Waals surface area (Å²) in [6.07, 6.45) is 3.72. The fourth-order valence-corrected chi connectivity index (χ4v) is 10.2. The second-order valence-corrected chi connectivity index (χ2v) is 15.5. The Morgan fingerprint density at radius 3 is 1.95 bits per heavy atom. The van der Waals surface area contributed by atoms with E-state index in [2.05, 4.69) is 119 Å². The van der Waals surface area contributed by atoms with E-state index in [1.807, 2.05) is 12.1 Å². The van der Waals surface area contributed by atoms with Crippen molar-refractivity contribution < 1.29 is 13.9 Å². The molecule has 0 aliphatic carbocycles. The Morgan fingerprint density at radius 2 is 1.43 bits per heavy atom. The van der Waals surface area contributed by atoms with Crippen LogP contribution in [0.2, 0.25) is 5.04 Å². The number of hydrogen-bond acceptors (Lipinski definition) is 3. The van der Waals surface area contributed by atoms with E-state index < -0.39 is 8.32 Å². The maximum Gasteiger partial charge on any atom is 0.261 e. The third-order valence-electron chi connectivity index (χ3n) is 7.64. The molecule has 0 N–H and O–H groups in total. The summed E-state index contributed by atoms with van der Waals surface area (Å²) in [6.45, 7) is 14.3. The van der Waals surface area contributed by atoms with Crippen LogP contribution in [-0.4, -0.2) is 33.2 Å². The van der Waals surface area contributed by atoms with Crippen molar-refractivity contribution >= 4 is 18.7 Å². The number of hydrogen-bond donors (Lipinski definition) is 0. The molecule has 0 saturated carbocycles. The zero-order valence-electron chi connectivity index (χ0n) is 22.8. The van der Waals surface area contributed by atoms with Gasteiger partial charge in [0.05, 0.1) is 31.5 Å². The molecule has 4 rings (SSSR count). The lowest BCUT2D eigenvalue weighted by molar-refractivity contribution is -0.159. The first-order chi connectivity index (χ1) is 17.8. The number of benzene rings is 3. The van der Waals surface area contributed by atoms with Crippen LogP contribution in [0, 0.1) is 5.92 Å². The highest BCUT2D eigenvalue weighted by Gasteiger charge is 2.51. The molecule has 1 fully saturated rings. The molecule has 0 amide bonds. The number of rotatable bonds is 10. The van der Waals surface area contributed by atoms with E-state index in [0.717, 1.165) is 12.8 Å². The highest BCUT2D eigenvalue weighted by atomic mass is 28.4. The lowest BCUT2D eigenvalue weighted by Crippen LogP contribution is -2.67. The van der Waals surface area contributed by atoms with Crippen molar-refractivity contribution in [2.75, 3.05) is 6.61 Å². The monoisotopic (exact) mass is 514 g/mol. The minimum Gasteiger partial charge on any atom is -0.405 e. The molecule has 196 valence electrons. The van der Waals surface area contributed by atoms with E-state index in [4.69, 9.17) is 13.9 Å². The van der Waals surface area contributed by atoms with Crippen LogP contribution in [0.3, 0.4) is 0 Å². The Labute approximate surface area is 224 Å². The van der Waals surface area contributed by atoms with E-state index in [9.17, 15) is 0 Å². The van der Waals surface area contributed by atoms with Gasteiger partial charge in [-0.1, -0.05) is 125 Å². The topological polar surface area (TPSA) is 27.7 Å². The Kier molecular flexibility index (Phi) is 9.20. The summed E-state index contributed by atoms with van der Waals surface area (Å²) in [5, 5.41) is 2.51. The summed E-state index contributed by atoms with van der Waals surface area (Å²) in [6, 6.07) is 32.0. The lowest BCUT2D eigenvalue weighted by atomic mass is 9.88. The first-order valence-electron chi connectivity index (χ1n) is 13.5. The van der Waals surface area contributed by atoms with Gasteiger partial charge in [0.15, 0.2) is 0 Å². The molecule has 3 aromatic rings. The minimum absolute atomic E-state index is 0.0384. The summed E-state index contributed by atoms with van der Waals surface area (Å²) in [4.78, 5) is 0. The quantitative estimate of drug-likeness (QED) is 0.228. The van der Waals surface area contributed by atoms with Crippen molar-refractivity contribution in [3.05, 3.63) is 109 Å². The fraction of sp³-hybridized carbons (Fsp3) is 0.394. The molecule has 1 heterocycles. The van der Waals surface area contributed by atoms with Crippen molar-refractivity contribution in [1.82, 2.24) is 0 Å². The molecule has 4 atom stereocenters. The molecule has 3 aromatic carbocycles. The van der Waals surface area contributed by atoms with Crippen LogP contribution >= 0.6 is 0 Å². The van der Waals surface area contributed by atoms with Crippen LogP contribution in [0.15, 0.2) is 104 Å². The first kappa shape index (κ1) is 27.5. The predicted molar refractivity (Wildman–Crippen MR) is 156 cm³/mol. The summed E-state index contributed by atoms with van der Waals surface area (Å²) >= 11 is 0. The maximum atomic E-state index is 7.21. The molecule has 1 saturated heterocycles. The molecule has 1 aliphatic heterocycles. The van der Waals surface area contributed by atoms with Crippen molar-refractivity contribution in [2.24, 2.45) is 5.92 Å². The summed E-state index contributed by atoms with van der Waals surface area (Å²) < 4.78 is 20.4. The van der Waals surface area contributed by atoms with Crippen LogP contribution < -0.4 is 10.4 Å². The van der Waals surface area contributed by atoms with Crippen molar-refractivity contribution in [2.45, 2.75) is 70.5 Å². The SMILES string of the molecule is C=CC[C@@H]1O[C@H](CO[Si](c2ccccc2)(c2ccccc2)C(C)(C)C)C[C@H](OCc2ccccc2)[C@H]1C. The van der Waals surface area contributed by atoms with Crippen molar-refractivity contribution in [1.29, 1.82) is 0 Å². The highest BCUT2D eigenvalue weighted by molar-refractivity contribution is 6.99. The third-order valence-corrected chi connectivity index (χ3v) is 12.6. The Bertz CT molecular complexity index is 1060. The van der Waals surface area contributed by atoms with Crippen LogP contribution in [0.4, 0.5) is 0 Å². The summed E-state index contributed by atoms with van der Waals surface area (Å²) in [5.41, 5.74) is 1.20. The van der Waals surface area contributed by atoms with Gasteiger partial charge in [-0.3, -0.25) is 0 Å². The van der Waals surface area contributed by atoms with Gasteiger partial charge in [-0.15, -0.1) is 6.58 Å². The molecule has 0 bridgehead atoms. The molecular weight excluding hydrogens is 472 g/mol. The van der Waals surface area contributed by atoms with Gasteiger partial charge in [0.25, 0.3) is 8.32 Å². The molecule has 4 heteroatoms. The average molecular weight is 515 g/mol. The van der Waals surface area contributed by atoms with Gasteiger partial charge in [-0.05, 0) is 27.4 Å². The van der Waals surface area contributed by atoms with E-state index in [0.29, 0.717) is 13.2 Å². The molecule has 37 heavy (non-hydrogen) atoms. The second kappa shape index (κ2) is 12.4. The zero-order valence-corrected chi connectivity index (χ0v) is 23.8.